The minimum atomic E-state index is 1.47. The van der Waals surface area contributed by atoms with E-state index in [0.717, 1.165) is 0 Å². The molecule has 29 valence electrons. The Hall–Kier alpha value is 0.430. The number of rotatable bonds is 0. The van der Waals surface area contributed by atoms with Gasteiger partial charge in [-0.3, -0.25) is 0 Å². The molecule has 0 amide bonds. The molecule has 1 aliphatic rings. The smallest absolute Gasteiger partial charge is 0.0287 e. The van der Waals surface area contributed by atoms with Crippen molar-refractivity contribution >= 4 is 8.58 Å². The Morgan fingerprint density at radius 3 is 1.80 bits per heavy atom. The standard InChI is InChI=1S/C4H8P/c1-2-4-5-3-1/h1-4H2. The van der Waals surface area contributed by atoms with Crippen LogP contribution in [0.5, 0.6) is 0 Å². The Kier molecular flexibility index (Phi) is 1.28. The molecule has 0 bridgehead atoms. The van der Waals surface area contributed by atoms with E-state index in [2.05, 4.69) is 0 Å². The summed E-state index contributed by atoms with van der Waals surface area (Å²) in [5.74, 6) is 0. The van der Waals surface area contributed by atoms with E-state index in [1.165, 1.54) is 25.2 Å². The van der Waals surface area contributed by atoms with Gasteiger partial charge in [0.2, 0.25) is 0 Å². The van der Waals surface area contributed by atoms with Crippen LogP contribution in [0.25, 0.3) is 0 Å². The predicted octanol–water partition coefficient (Wildman–Crippen LogP) is 1.73. The van der Waals surface area contributed by atoms with Crippen LogP contribution in [0.2, 0.25) is 0 Å². The second kappa shape index (κ2) is 1.77. The van der Waals surface area contributed by atoms with Crippen molar-refractivity contribution in [2.45, 2.75) is 12.8 Å². The fourth-order valence-corrected chi connectivity index (χ4v) is 1.68. The average molecular weight is 87.1 g/mol. The SMILES string of the molecule is C1CC[P]C1. The summed E-state index contributed by atoms with van der Waals surface area (Å²) in [5, 5.41) is 0. The lowest BCUT2D eigenvalue weighted by atomic mass is 10.4. The molecule has 0 nitrogen and oxygen atoms in total. The van der Waals surface area contributed by atoms with Gasteiger partial charge < -0.3 is 0 Å². The zero-order valence-corrected chi connectivity index (χ0v) is 4.17. The molecule has 0 aromatic heterocycles. The third kappa shape index (κ3) is 0.887. The van der Waals surface area contributed by atoms with E-state index < -0.39 is 0 Å². The minimum absolute atomic E-state index is 1.47. The van der Waals surface area contributed by atoms with Gasteiger partial charge in [0.15, 0.2) is 0 Å². The third-order valence-corrected chi connectivity index (χ3v) is 2.15. The number of hydrogen-bond donors (Lipinski definition) is 0. The first-order valence-corrected chi connectivity index (χ1v) is 3.40. The molecule has 1 rings (SSSR count). The van der Waals surface area contributed by atoms with Crippen molar-refractivity contribution in [2.24, 2.45) is 0 Å². The molecule has 1 heteroatoms. The predicted molar refractivity (Wildman–Crippen MR) is 25.9 cm³/mol. The van der Waals surface area contributed by atoms with Gasteiger partial charge in [-0.25, -0.2) is 0 Å². The summed E-state index contributed by atoms with van der Waals surface area (Å²) in [6.45, 7) is 0. The largest absolute Gasteiger partial charge is 0.0810 e. The van der Waals surface area contributed by atoms with Crippen LogP contribution < -0.4 is 0 Å². The van der Waals surface area contributed by atoms with Crippen LogP contribution in [0.3, 0.4) is 0 Å². The quantitative estimate of drug-likeness (QED) is 0.394. The summed E-state index contributed by atoms with van der Waals surface area (Å²) < 4.78 is 0. The van der Waals surface area contributed by atoms with E-state index in [9.17, 15) is 0 Å². The molecule has 0 unspecified atom stereocenters. The van der Waals surface area contributed by atoms with Gasteiger partial charge in [-0.05, 0) is 25.2 Å². The van der Waals surface area contributed by atoms with Gasteiger partial charge in [-0.1, -0.05) is 8.58 Å². The highest BCUT2D eigenvalue weighted by atomic mass is 31.1. The van der Waals surface area contributed by atoms with Gasteiger partial charge in [0.25, 0.3) is 0 Å². The van der Waals surface area contributed by atoms with Crippen molar-refractivity contribution < 1.29 is 0 Å². The highest BCUT2D eigenvalue weighted by molar-refractivity contribution is 7.38. The van der Waals surface area contributed by atoms with Crippen molar-refractivity contribution in [3.05, 3.63) is 0 Å². The van der Waals surface area contributed by atoms with Crippen molar-refractivity contribution in [1.82, 2.24) is 0 Å². The molecular weight excluding hydrogens is 79.0 g/mol. The normalized spacial score (nSPS) is 24.0. The summed E-state index contributed by atoms with van der Waals surface area (Å²) in [6.07, 6.45) is 5.92. The fraction of sp³-hybridized carbons (Fsp3) is 1.00. The van der Waals surface area contributed by atoms with Crippen molar-refractivity contribution in [1.29, 1.82) is 0 Å². The summed E-state index contributed by atoms with van der Waals surface area (Å²) in [6, 6.07) is 0. The Morgan fingerprint density at radius 1 is 1.00 bits per heavy atom. The topological polar surface area (TPSA) is 0 Å². The summed E-state index contributed by atoms with van der Waals surface area (Å²) in [5.41, 5.74) is 0. The van der Waals surface area contributed by atoms with Gasteiger partial charge in [0.1, 0.15) is 0 Å². The summed E-state index contributed by atoms with van der Waals surface area (Å²) in [7, 11) is 1.69. The molecule has 1 aliphatic heterocycles. The Bertz CT molecular complexity index is 15.2. The lowest BCUT2D eigenvalue weighted by Gasteiger charge is -1.67. The molecule has 5 heavy (non-hydrogen) atoms. The van der Waals surface area contributed by atoms with Gasteiger partial charge in [0, 0.05) is 0 Å². The van der Waals surface area contributed by atoms with Crippen LogP contribution >= 0.6 is 8.58 Å². The van der Waals surface area contributed by atoms with Gasteiger partial charge in [-0.2, -0.15) is 0 Å². The van der Waals surface area contributed by atoms with E-state index in [1.807, 2.05) is 0 Å². The van der Waals surface area contributed by atoms with E-state index in [-0.39, 0.29) is 0 Å². The molecule has 1 fully saturated rings. The maximum absolute atomic E-state index is 1.69. The maximum atomic E-state index is 1.69. The molecule has 0 saturated carbocycles. The third-order valence-electron chi connectivity index (χ3n) is 0.882. The highest BCUT2D eigenvalue weighted by Gasteiger charge is 1.95. The zero-order valence-electron chi connectivity index (χ0n) is 3.28. The van der Waals surface area contributed by atoms with Gasteiger partial charge in [-0.15, -0.1) is 0 Å². The molecule has 0 aliphatic carbocycles. The van der Waals surface area contributed by atoms with Crippen LogP contribution in [0.15, 0.2) is 0 Å². The van der Waals surface area contributed by atoms with Crippen molar-refractivity contribution in [3.8, 4) is 0 Å². The van der Waals surface area contributed by atoms with Gasteiger partial charge >= 0.3 is 0 Å². The first-order chi connectivity index (χ1) is 2.50. The molecular formula is C4H8P. The minimum Gasteiger partial charge on any atom is -0.0810 e. The molecule has 1 saturated heterocycles. The highest BCUT2D eigenvalue weighted by Crippen LogP contribution is 2.21. The second-order valence-corrected chi connectivity index (χ2v) is 2.72. The summed E-state index contributed by atoms with van der Waals surface area (Å²) in [4.78, 5) is 0. The number of hydrogen-bond acceptors (Lipinski definition) is 0. The van der Waals surface area contributed by atoms with Crippen LogP contribution in [0.1, 0.15) is 12.8 Å². The fourth-order valence-electron chi connectivity index (χ4n) is 0.559. The first kappa shape index (κ1) is 3.61. The average Bonchev–Trinajstić information content (AvgIpc) is 1.76. The van der Waals surface area contributed by atoms with Crippen LogP contribution in [0, 0.1) is 0 Å². The molecule has 0 spiro atoms. The van der Waals surface area contributed by atoms with E-state index in [4.69, 9.17) is 0 Å². The lowest BCUT2D eigenvalue weighted by molar-refractivity contribution is 0.949. The Labute approximate surface area is 34.7 Å². The lowest BCUT2D eigenvalue weighted by Crippen LogP contribution is -1.58. The zero-order chi connectivity index (χ0) is 3.54. The van der Waals surface area contributed by atoms with E-state index >= 15 is 0 Å². The van der Waals surface area contributed by atoms with Crippen molar-refractivity contribution in [2.75, 3.05) is 12.3 Å². The molecule has 0 N–H and O–H groups in total. The van der Waals surface area contributed by atoms with Crippen LogP contribution in [0.4, 0.5) is 0 Å². The molecule has 0 atom stereocenters. The van der Waals surface area contributed by atoms with E-state index in [0.29, 0.717) is 0 Å². The monoisotopic (exact) mass is 87.0 g/mol. The van der Waals surface area contributed by atoms with Crippen LogP contribution in [-0.2, 0) is 0 Å². The van der Waals surface area contributed by atoms with Crippen molar-refractivity contribution in [3.63, 3.8) is 0 Å². The second-order valence-electron chi connectivity index (χ2n) is 1.38. The van der Waals surface area contributed by atoms with E-state index in [1.54, 1.807) is 8.58 Å². The molecule has 1 radical (unpaired) electrons. The maximum Gasteiger partial charge on any atom is -0.0287 e. The molecule has 0 aromatic rings. The Morgan fingerprint density at radius 2 is 1.60 bits per heavy atom. The summed E-state index contributed by atoms with van der Waals surface area (Å²) >= 11 is 0. The Balaban J connectivity index is 2.08. The first-order valence-electron chi connectivity index (χ1n) is 2.13. The molecule has 1 heterocycles. The van der Waals surface area contributed by atoms with Gasteiger partial charge in [0.05, 0.1) is 0 Å². The van der Waals surface area contributed by atoms with Crippen LogP contribution in [-0.4, -0.2) is 12.3 Å². The molecule has 0 aromatic carbocycles.